The average Bonchev–Trinajstić information content (AvgIpc) is 3.34. The number of hydrogen-bond acceptors (Lipinski definition) is 7. The van der Waals surface area contributed by atoms with E-state index < -0.39 is 0 Å². The number of ether oxygens (including phenoxy) is 1. The summed E-state index contributed by atoms with van der Waals surface area (Å²) in [5.74, 6) is 0.716. The van der Waals surface area contributed by atoms with Crippen LogP contribution in [0.3, 0.4) is 0 Å². The number of thiocarbonyl (C=S) groups is 1. The van der Waals surface area contributed by atoms with Gasteiger partial charge in [-0.15, -0.1) is 0 Å². The van der Waals surface area contributed by atoms with E-state index >= 15 is 0 Å². The number of aromatic nitrogens is 1. The van der Waals surface area contributed by atoms with Gasteiger partial charge in [-0.05, 0) is 50.7 Å². The number of hydrogen-bond donors (Lipinski definition) is 0. The molecule has 0 radical (unpaired) electrons. The maximum absolute atomic E-state index is 13.4. The van der Waals surface area contributed by atoms with Crippen molar-refractivity contribution in [2.75, 3.05) is 31.1 Å². The molecule has 1 aromatic heterocycles. The summed E-state index contributed by atoms with van der Waals surface area (Å²) in [4.78, 5) is 31.3. The van der Waals surface area contributed by atoms with Crippen LogP contribution in [0, 0.1) is 18.3 Å². The Morgan fingerprint density at radius 1 is 1.20 bits per heavy atom. The van der Waals surface area contributed by atoms with Crippen LogP contribution in [0.5, 0.6) is 0 Å². The molecule has 0 N–H and O–H groups in total. The van der Waals surface area contributed by atoms with E-state index in [2.05, 4.69) is 17.9 Å². The molecular weight excluding hydrogens is 480 g/mol. The van der Waals surface area contributed by atoms with Gasteiger partial charge in [-0.3, -0.25) is 19.1 Å². The molecule has 1 atom stereocenters. The van der Waals surface area contributed by atoms with Gasteiger partial charge in [0.05, 0.1) is 17.6 Å². The lowest BCUT2D eigenvalue weighted by atomic mass is 10.0. The molecule has 188 valence electrons. The number of rotatable bonds is 7. The lowest BCUT2D eigenvalue weighted by molar-refractivity contribution is -0.123. The van der Waals surface area contributed by atoms with Crippen LogP contribution in [-0.2, 0) is 16.1 Å². The molecule has 4 heterocycles. The van der Waals surface area contributed by atoms with Crippen LogP contribution in [0.4, 0.5) is 5.82 Å². The van der Waals surface area contributed by atoms with Gasteiger partial charge in [-0.25, -0.2) is 0 Å². The number of anilines is 1. The van der Waals surface area contributed by atoms with E-state index in [1.807, 2.05) is 13.0 Å². The number of carbonyl (C=O) groups excluding carboxylic acids is 1. The molecular formula is C26H34N4O3S2. The highest BCUT2D eigenvalue weighted by Gasteiger charge is 2.35. The summed E-state index contributed by atoms with van der Waals surface area (Å²) in [6, 6.07) is 2.14. The SMILES string of the molecule is CCCCn1c(N2CCCCCC2)c(/C=C2/SC(=S)N(CC3CCCO3)C2=O)c(C)c(C#N)c1=O. The number of nitriles is 1. The summed E-state index contributed by atoms with van der Waals surface area (Å²) in [6.45, 7) is 7.39. The normalized spacial score (nSPS) is 22.2. The molecule has 0 aromatic carbocycles. The van der Waals surface area contributed by atoms with Crippen molar-refractivity contribution in [2.24, 2.45) is 0 Å². The average molecular weight is 515 g/mol. The third-order valence-corrected chi connectivity index (χ3v) is 8.42. The smallest absolute Gasteiger partial charge is 0.270 e. The van der Waals surface area contributed by atoms with Crippen molar-refractivity contribution < 1.29 is 9.53 Å². The fraction of sp³-hybridized carbons (Fsp3) is 0.615. The van der Waals surface area contributed by atoms with Crippen LogP contribution in [0.1, 0.15) is 75.0 Å². The summed E-state index contributed by atoms with van der Waals surface area (Å²) in [5, 5.41) is 9.86. The molecule has 9 heteroatoms. The van der Waals surface area contributed by atoms with E-state index in [-0.39, 0.29) is 23.1 Å². The standard InChI is InChI=1S/C26H34N4O3S2/c1-3-4-13-29-23(28-11-7-5-6-8-12-28)20(18(2)21(16-27)24(29)31)15-22-25(32)30(26(34)35-22)17-19-10-9-14-33-19/h15,19H,3-14,17H2,1-2H3/b22-15+. The second-order valence-corrected chi connectivity index (χ2v) is 11.2. The molecule has 4 rings (SSSR count). The predicted octanol–water partition coefficient (Wildman–Crippen LogP) is 4.59. The molecule has 1 aromatic rings. The fourth-order valence-electron chi connectivity index (χ4n) is 5.07. The summed E-state index contributed by atoms with van der Waals surface area (Å²) < 4.78 is 8.04. The number of pyridine rings is 1. The molecule has 35 heavy (non-hydrogen) atoms. The summed E-state index contributed by atoms with van der Waals surface area (Å²) in [5.41, 5.74) is 1.34. The first-order chi connectivity index (χ1) is 17.0. The van der Waals surface area contributed by atoms with Crippen molar-refractivity contribution in [3.05, 3.63) is 31.9 Å². The van der Waals surface area contributed by atoms with E-state index in [9.17, 15) is 14.9 Å². The van der Waals surface area contributed by atoms with Crippen LogP contribution in [0.15, 0.2) is 9.70 Å². The lowest BCUT2D eigenvalue weighted by Gasteiger charge is -2.29. The Labute approximate surface area is 217 Å². The Morgan fingerprint density at radius 2 is 1.94 bits per heavy atom. The first-order valence-corrected chi connectivity index (χ1v) is 14.0. The van der Waals surface area contributed by atoms with Gasteiger partial charge in [0.1, 0.15) is 21.8 Å². The summed E-state index contributed by atoms with van der Waals surface area (Å²) in [6.07, 6.45) is 10.1. The Balaban J connectivity index is 1.81. The van der Waals surface area contributed by atoms with Gasteiger partial charge < -0.3 is 9.64 Å². The van der Waals surface area contributed by atoms with E-state index in [1.54, 1.807) is 9.47 Å². The van der Waals surface area contributed by atoms with Crippen molar-refractivity contribution in [3.8, 4) is 6.07 Å². The van der Waals surface area contributed by atoms with Gasteiger partial charge in [0.25, 0.3) is 11.5 Å². The van der Waals surface area contributed by atoms with Crippen LogP contribution in [0.2, 0.25) is 0 Å². The Bertz CT molecular complexity index is 1110. The first-order valence-electron chi connectivity index (χ1n) is 12.8. The first kappa shape index (κ1) is 25.9. The quantitative estimate of drug-likeness (QED) is 0.389. The van der Waals surface area contributed by atoms with Gasteiger partial charge in [0.15, 0.2) is 0 Å². The Hall–Kier alpha value is -2.15. The van der Waals surface area contributed by atoms with Gasteiger partial charge in [-0.2, -0.15) is 5.26 Å². The van der Waals surface area contributed by atoms with Gasteiger partial charge in [0.2, 0.25) is 0 Å². The molecule has 7 nitrogen and oxygen atoms in total. The highest BCUT2D eigenvalue weighted by atomic mass is 32.2. The molecule has 1 unspecified atom stereocenters. The molecule has 1 amide bonds. The zero-order chi connectivity index (χ0) is 24.9. The number of carbonyl (C=O) groups is 1. The highest BCUT2D eigenvalue weighted by molar-refractivity contribution is 8.26. The van der Waals surface area contributed by atoms with Crippen molar-refractivity contribution >= 4 is 46.1 Å². The minimum absolute atomic E-state index is 0.0207. The molecule has 0 bridgehead atoms. The molecule has 3 aliphatic rings. The second-order valence-electron chi connectivity index (χ2n) is 9.49. The van der Waals surface area contributed by atoms with Crippen molar-refractivity contribution in [2.45, 2.75) is 77.9 Å². The van der Waals surface area contributed by atoms with Gasteiger partial charge >= 0.3 is 0 Å². The summed E-state index contributed by atoms with van der Waals surface area (Å²) >= 11 is 6.85. The zero-order valence-corrected chi connectivity index (χ0v) is 22.3. The van der Waals surface area contributed by atoms with Gasteiger partial charge in [-0.1, -0.05) is 50.2 Å². The van der Waals surface area contributed by atoms with E-state index in [4.69, 9.17) is 17.0 Å². The Kier molecular flexibility index (Phi) is 8.68. The third-order valence-electron chi connectivity index (χ3n) is 7.05. The second kappa shape index (κ2) is 11.7. The number of nitrogens with zero attached hydrogens (tertiary/aromatic N) is 4. The minimum atomic E-state index is -0.235. The van der Waals surface area contributed by atoms with E-state index in [0.29, 0.717) is 27.9 Å². The molecule has 0 saturated carbocycles. The van der Waals surface area contributed by atoms with E-state index in [0.717, 1.165) is 69.6 Å². The topological polar surface area (TPSA) is 78.6 Å². The van der Waals surface area contributed by atoms with Crippen LogP contribution < -0.4 is 10.5 Å². The monoisotopic (exact) mass is 514 g/mol. The Morgan fingerprint density at radius 3 is 2.57 bits per heavy atom. The third kappa shape index (κ3) is 5.50. The number of unbranched alkanes of at least 4 members (excludes halogenated alkanes) is 1. The maximum Gasteiger partial charge on any atom is 0.270 e. The lowest BCUT2D eigenvalue weighted by Crippen LogP contribution is -2.36. The number of thioether (sulfide) groups is 1. The number of amides is 1. The van der Waals surface area contributed by atoms with Crippen molar-refractivity contribution in [3.63, 3.8) is 0 Å². The summed E-state index contributed by atoms with van der Waals surface area (Å²) in [7, 11) is 0. The molecule has 3 fully saturated rings. The van der Waals surface area contributed by atoms with Crippen molar-refractivity contribution in [1.29, 1.82) is 5.26 Å². The van der Waals surface area contributed by atoms with Gasteiger partial charge in [0, 0.05) is 31.8 Å². The predicted molar refractivity (Wildman–Crippen MR) is 145 cm³/mol. The fourth-order valence-corrected chi connectivity index (χ4v) is 6.33. The maximum atomic E-state index is 13.4. The minimum Gasteiger partial charge on any atom is -0.376 e. The molecule has 0 spiro atoms. The molecule has 3 saturated heterocycles. The zero-order valence-electron chi connectivity index (χ0n) is 20.7. The van der Waals surface area contributed by atoms with Crippen LogP contribution in [0.25, 0.3) is 6.08 Å². The molecule has 0 aliphatic carbocycles. The largest absolute Gasteiger partial charge is 0.376 e. The van der Waals surface area contributed by atoms with Crippen LogP contribution in [-0.4, -0.2) is 52.0 Å². The molecule has 3 aliphatic heterocycles. The highest BCUT2D eigenvalue weighted by Crippen LogP contribution is 2.37. The van der Waals surface area contributed by atoms with Crippen LogP contribution >= 0.6 is 24.0 Å². The van der Waals surface area contributed by atoms with Crippen molar-refractivity contribution in [1.82, 2.24) is 9.47 Å². The van der Waals surface area contributed by atoms with E-state index in [1.165, 1.54) is 24.6 Å².